The van der Waals surface area contributed by atoms with Gasteiger partial charge in [-0.1, -0.05) is 11.6 Å². The Bertz CT molecular complexity index is 805. The average molecular weight is 409 g/mol. The first kappa shape index (κ1) is 26.4. The topological polar surface area (TPSA) is 104 Å². The van der Waals surface area contributed by atoms with Crippen molar-refractivity contribution in [2.45, 2.75) is 0 Å². The Kier molecular flexibility index (Phi) is 12.8. The smallest absolute Gasteiger partial charge is 0.504 e. The van der Waals surface area contributed by atoms with Gasteiger partial charge in [-0.2, -0.15) is 17.7 Å². The van der Waals surface area contributed by atoms with Gasteiger partial charge in [0.2, 0.25) is 0 Å². The van der Waals surface area contributed by atoms with Crippen LogP contribution in [0.4, 0.5) is 4.79 Å². The van der Waals surface area contributed by atoms with Crippen molar-refractivity contribution < 1.29 is 80.7 Å². The van der Waals surface area contributed by atoms with E-state index >= 15 is 0 Å². The zero-order valence-corrected chi connectivity index (χ0v) is 19.0. The van der Waals surface area contributed by atoms with Crippen molar-refractivity contribution >= 4 is 18.7 Å². The Morgan fingerprint density at radius 2 is 1.86 bits per heavy atom. The van der Waals surface area contributed by atoms with E-state index in [1.54, 1.807) is 24.5 Å². The molecule has 8 heteroatoms. The van der Waals surface area contributed by atoms with Crippen LogP contribution in [0, 0.1) is 13.8 Å². The third-order valence-electron chi connectivity index (χ3n) is 3.51. The van der Waals surface area contributed by atoms with E-state index in [1.165, 1.54) is 18.2 Å². The summed E-state index contributed by atoms with van der Waals surface area (Å²) in [6.45, 7) is 8.99. The van der Waals surface area contributed by atoms with Gasteiger partial charge in [-0.15, -0.1) is 19.2 Å². The van der Waals surface area contributed by atoms with Gasteiger partial charge in [-0.05, 0) is 24.7 Å². The van der Waals surface area contributed by atoms with E-state index in [0.717, 1.165) is 13.1 Å². The van der Waals surface area contributed by atoms with E-state index in [2.05, 4.69) is 18.6 Å². The molecule has 2 aromatic rings. The molecule has 0 saturated heterocycles. The summed E-state index contributed by atoms with van der Waals surface area (Å²) in [5.41, 5.74) is 1.15. The van der Waals surface area contributed by atoms with E-state index in [0.29, 0.717) is 23.0 Å². The maximum atomic E-state index is 10.9. The van der Waals surface area contributed by atoms with E-state index in [-0.39, 0.29) is 62.7 Å². The fraction of sp³-hybridized carbons (Fsp3) is 0.150. The van der Waals surface area contributed by atoms with E-state index in [9.17, 15) is 19.5 Å². The van der Waals surface area contributed by atoms with Crippen molar-refractivity contribution in [3.63, 3.8) is 0 Å². The summed E-state index contributed by atoms with van der Waals surface area (Å²) in [7, 11) is 1.99. The van der Waals surface area contributed by atoms with Crippen LogP contribution in [0.2, 0.25) is 0 Å². The van der Waals surface area contributed by atoms with E-state index in [1.807, 2.05) is 11.9 Å². The van der Waals surface area contributed by atoms with Crippen LogP contribution in [-0.4, -0.2) is 54.0 Å². The molecule has 0 aliphatic heterocycles. The molecule has 2 rings (SSSR count). The number of aromatic hydroxyl groups is 1. The second-order valence-corrected chi connectivity index (χ2v) is 5.38. The molecule has 0 radical (unpaired) electrons. The number of hydrogen-bond acceptors (Lipinski definition) is 6. The number of aldehydes is 1. The fourth-order valence-corrected chi connectivity index (χ4v) is 1.93. The first-order valence-electron chi connectivity index (χ1n) is 7.84. The largest absolute Gasteiger partial charge is 1.00 e. The molecule has 2 N–H and O–H groups in total. The number of nitrogens with zero attached hydrogens (tertiary/aromatic N) is 1. The second-order valence-electron chi connectivity index (χ2n) is 5.38. The number of ether oxygens (including phenoxy) is 1. The molecule has 0 atom stereocenters. The molecule has 0 saturated carbocycles. The van der Waals surface area contributed by atoms with Crippen LogP contribution in [0.3, 0.4) is 0 Å². The fourth-order valence-electron chi connectivity index (χ4n) is 1.93. The number of benzene rings is 2. The van der Waals surface area contributed by atoms with E-state index < -0.39 is 11.9 Å². The van der Waals surface area contributed by atoms with Crippen molar-refractivity contribution in [2.75, 3.05) is 20.1 Å². The van der Waals surface area contributed by atoms with Gasteiger partial charge in [0, 0.05) is 0 Å². The van der Waals surface area contributed by atoms with Gasteiger partial charge in [0.1, 0.15) is 0 Å². The normalized spacial score (nSPS) is 9.57. The molecular weight excluding hydrogens is 389 g/mol. The van der Waals surface area contributed by atoms with Crippen LogP contribution in [-0.2, 0) is 4.79 Å². The molecule has 7 nitrogen and oxygen atoms in total. The molecule has 0 spiro atoms. The van der Waals surface area contributed by atoms with E-state index in [4.69, 9.17) is 5.11 Å². The van der Waals surface area contributed by atoms with Crippen LogP contribution in [0.15, 0.2) is 36.4 Å². The molecule has 2 aromatic carbocycles. The Morgan fingerprint density at radius 1 is 1.21 bits per heavy atom. The number of hydrogen-bond donors (Lipinski definition) is 2. The Labute approximate surface area is 206 Å². The third kappa shape index (κ3) is 8.21. The van der Waals surface area contributed by atoms with Crippen LogP contribution >= 0.6 is 0 Å². The third-order valence-corrected chi connectivity index (χ3v) is 3.51. The van der Waals surface area contributed by atoms with Crippen molar-refractivity contribution in [1.29, 1.82) is 0 Å². The van der Waals surface area contributed by atoms with Crippen molar-refractivity contribution in [2.24, 2.45) is 0 Å². The summed E-state index contributed by atoms with van der Waals surface area (Å²) < 4.78 is 4.44. The standard InChI is InChI=1S/C15H9O6.C5H11N.K/c16-7-9-2-1-3-10(4-9)11-5-12(8-17)14(18)13(6-11)21-15(19)20;1-4-6(3)5-2;/h1-6,8,18H,(H,19,20);1-2,4-5H2,3H3;/q-1;-2;+1. The van der Waals surface area contributed by atoms with Gasteiger partial charge in [-0.25, -0.2) is 4.79 Å². The maximum Gasteiger partial charge on any atom is 1.00 e. The maximum absolute atomic E-state index is 10.9. The van der Waals surface area contributed by atoms with Gasteiger partial charge in [0.25, 0.3) is 0 Å². The van der Waals surface area contributed by atoms with Crippen LogP contribution in [0.1, 0.15) is 15.9 Å². The van der Waals surface area contributed by atoms with Gasteiger partial charge >= 0.3 is 57.5 Å². The van der Waals surface area contributed by atoms with Gasteiger partial charge in [0.15, 0.2) is 17.8 Å². The SMILES string of the molecule is O=[C-]c1cccc(-c2cc(C=O)c(O)c(OC(=O)O)c2)c1.[CH2-]CN(C)C[CH2-].[K+]. The Hall–Kier alpha value is -1.55. The predicted molar refractivity (Wildman–Crippen MR) is 101 cm³/mol. The van der Waals surface area contributed by atoms with Crippen molar-refractivity contribution in [1.82, 2.24) is 4.90 Å². The van der Waals surface area contributed by atoms with Crippen LogP contribution < -0.4 is 56.1 Å². The zero-order valence-electron chi connectivity index (χ0n) is 15.8. The number of phenols is 1. The molecule has 0 aromatic heterocycles. The minimum atomic E-state index is -1.62. The summed E-state index contributed by atoms with van der Waals surface area (Å²) in [6, 6.07) is 8.96. The zero-order chi connectivity index (χ0) is 20.4. The van der Waals surface area contributed by atoms with Crippen LogP contribution in [0.25, 0.3) is 11.1 Å². The average Bonchev–Trinajstić information content (AvgIpc) is 2.69. The quantitative estimate of drug-likeness (QED) is 0.227. The number of carbonyl (C=O) groups is 2. The summed E-state index contributed by atoms with van der Waals surface area (Å²) in [6.07, 6.45) is 0.491. The summed E-state index contributed by atoms with van der Waals surface area (Å²) in [5.74, 6) is -0.920. The predicted octanol–water partition coefficient (Wildman–Crippen LogP) is -0.0233. The summed E-state index contributed by atoms with van der Waals surface area (Å²) in [4.78, 5) is 34.2. The molecule has 0 heterocycles. The minimum absolute atomic E-state index is 0. The van der Waals surface area contributed by atoms with Crippen molar-refractivity contribution in [3.05, 3.63) is 61.4 Å². The van der Waals surface area contributed by atoms with Gasteiger partial charge in [0.05, 0.1) is 11.8 Å². The molecule has 0 amide bonds. The molecule has 0 aliphatic rings. The number of rotatable bonds is 6. The number of phenolic OH excluding ortho intramolecular Hbond substituents is 1. The minimum Gasteiger partial charge on any atom is -0.504 e. The van der Waals surface area contributed by atoms with Gasteiger partial charge in [-0.3, -0.25) is 4.79 Å². The van der Waals surface area contributed by atoms with Crippen LogP contribution in [0.5, 0.6) is 11.5 Å². The Morgan fingerprint density at radius 3 is 2.32 bits per heavy atom. The molecule has 28 heavy (non-hydrogen) atoms. The summed E-state index contributed by atoms with van der Waals surface area (Å²) >= 11 is 0. The molecule has 0 unspecified atom stereocenters. The molecule has 144 valence electrons. The van der Waals surface area contributed by atoms with Gasteiger partial charge < -0.3 is 38.5 Å². The number of carbonyl (C=O) groups excluding carboxylic acids is 2. The second kappa shape index (κ2) is 13.6. The van der Waals surface area contributed by atoms with Crippen molar-refractivity contribution in [3.8, 4) is 22.6 Å². The molecule has 0 fully saturated rings. The monoisotopic (exact) mass is 409 g/mol. The first-order valence-corrected chi connectivity index (χ1v) is 7.84. The molecular formula is C20H20KNO6-2. The number of carboxylic acid groups (broad SMARTS) is 1. The first-order chi connectivity index (χ1) is 12.9. The Balaban J connectivity index is 0.000000910. The summed E-state index contributed by atoms with van der Waals surface area (Å²) in [5, 5.41) is 18.4. The molecule has 0 aliphatic carbocycles. The molecule has 0 bridgehead atoms.